The molecule has 0 aliphatic rings. The average Bonchev–Trinajstić information content (AvgIpc) is 3.14. The normalized spacial score (nSPS) is 12.2. The van der Waals surface area contributed by atoms with Crippen molar-refractivity contribution in [2.24, 2.45) is 5.92 Å². The summed E-state index contributed by atoms with van der Waals surface area (Å²) in [5, 5.41) is -1.01. The maximum absolute atomic E-state index is 13.9. The highest BCUT2D eigenvalue weighted by Gasteiger charge is 2.42. The molecule has 1 aromatic carbocycles. The van der Waals surface area contributed by atoms with Crippen LogP contribution in [-0.2, 0) is 12.6 Å². The standard InChI is InChI=1S/C21H18F5N3O2S/c1-10(2)8-11-14(19(30)29-9-27-12-6-4-5-7-13(12)29)16(18(22)23)28-17(21(24,25)26)15(11)20(31)32-3/h4-7,9-10,18H,8H2,1-3H3. The molecule has 11 heteroatoms. The first-order valence-electron chi connectivity index (χ1n) is 9.44. The number of carbonyl (C=O) groups excluding carboxylic acids is 2. The van der Waals surface area contributed by atoms with E-state index in [1.165, 1.54) is 12.3 Å². The number of pyridine rings is 1. The number of carbonyl (C=O) groups is 2. The van der Waals surface area contributed by atoms with Gasteiger partial charge in [-0.05, 0) is 36.3 Å². The van der Waals surface area contributed by atoms with Crippen LogP contribution in [0, 0.1) is 5.92 Å². The van der Waals surface area contributed by atoms with Gasteiger partial charge in [-0.2, -0.15) is 13.2 Å². The maximum Gasteiger partial charge on any atom is 0.434 e. The van der Waals surface area contributed by atoms with Crippen LogP contribution in [0.1, 0.15) is 57.9 Å². The van der Waals surface area contributed by atoms with Gasteiger partial charge < -0.3 is 0 Å². The fraction of sp³-hybridized carbons (Fsp3) is 0.333. The third-order valence-electron chi connectivity index (χ3n) is 4.69. The van der Waals surface area contributed by atoms with Crippen molar-refractivity contribution in [3.63, 3.8) is 0 Å². The molecule has 0 fully saturated rings. The van der Waals surface area contributed by atoms with Gasteiger partial charge in [-0.25, -0.2) is 18.7 Å². The fourth-order valence-corrected chi connectivity index (χ4v) is 3.86. The molecular weight excluding hydrogens is 453 g/mol. The molecule has 0 saturated heterocycles. The number of alkyl halides is 5. The van der Waals surface area contributed by atoms with Gasteiger partial charge in [-0.15, -0.1) is 0 Å². The minimum atomic E-state index is -5.17. The first-order valence-corrected chi connectivity index (χ1v) is 10.7. The third kappa shape index (κ3) is 4.38. The summed E-state index contributed by atoms with van der Waals surface area (Å²) in [6, 6.07) is 6.38. The average molecular weight is 471 g/mol. The Morgan fingerprint density at radius 3 is 2.34 bits per heavy atom. The smallest absolute Gasteiger partial charge is 0.281 e. The van der Waals surface area contributed by atoms with Gasteiger partial charge in [0.2, 0.25) is 5.12 Å². The Hall–Kier alpha value is -2.82. The van der Waals surface area contributed by atoms with E-state index in [2.05, 4.69) is 9.97 Å². The van der Waals surface area contributed by atoms with E-state index in [1.807, 2.05) is 0 Å². The summed E-state index contributed by atoms with van der Waals surface area (Å²) in [5.41, 5.74) is -4.31. The van der Waals surface area contributed by atoms with Gasteiger partial charge in [0, 0.05) is 0 Å². The molecular formula is C21H18F5N3O2S. The summed E-state index contributed by atoms with van der Waals surface area (Å²) in [5.74, 6) is -1.37. The van der Waals surface area contributed by atoms with Crippen LogP contribution in [-0.4, -0.2) is 31.8 Å². The first-order chi connectivity index (χ1) is 15.0. The molecule has 2 aromatic heterocycles. The van der Waals surface area contributed by atoms with Crippen LogP contribution in [0.25, 0.3) is 11.0 Å². The molecule has 0 amide bonds. The topological polar surface area (TPSA) is 64.8 Å². The van der Waals surface area contributed by atoms with E-state index in [0.717, 1.165) is 10.9 Å². The second-order valence-electron chi connectivity index (χ2n) is 7.37. The lowest BCUT2D eigenvalue weighted by molar-refractivity contribution is -0.141. The van der Waals surface area contributed by atoms with Crippen molar-refractivity contribution in [1.82, 2.24) is 14.5 Å². The largest absolute Gasteiger partial charge is 0.434 e. The summed E-state index contributed by atoms with van der Waals surface area (Å²) in [6.07, 6.45) is -6.47. The minimum absolute atomic E-state index is 0.208. The van der Waals surface area contributed by atoms with Crippen molar-refractivity contribution in [3.8, 4) is 0 Å². The monoisotopic (exact) mass is 471 g/mol. The lowest BCUT2D eigenvalue weighted by Crippen LogP contribution is -2.25. The third-order valence-corrected chi connectivity index (χ3v) is 5.27. The van der Waals surface area contributed by atoms with E-state index < -0.39 is 46.1 Å². The van der Waals surface area contributed by atoms with Crippen LogP contribution in [0.3, 0.4) is 0 Å². The number of halogens is 5. The van der Waals surface area contributed by atoms with Crippen LogP contribution in [0.5, 0.6) is 0 Å². The van der Waals surface area contributed by atoms with E-state index in [-0.39, 0.29) is 23.4 Å². The molecule has 0 radical (unpaired) electrons. The molecule has 0 atom stereocenters. The summed E-state index contributed by atoms with van der Waals surface area (Å²) in [6.45, 7) is 3.29. The van der Waals surface area contributed by atoms with Gasteiger partial charge in [-0.1, -0.05) is 37.7 Å². The van der Waals surface area contributed by atoms with Gasteiger partial charge in [-0.3, -0.25) is 14.2 Å². The van der Waals surface area contributed by atoms with Crippen molar-refractivity contribution in [2.75, 3.05) is 6.26 Å². The number of fused-ring (bicyclic) bond motifs is 1. The van der Waals surface area contributed by atoms with Crippen molar-refractivity contribution < 1.29 is 31.5 Å². The molecule has 0 aliphatic heterocycles. The second-order valence-corrected chi connectivity index (χ2v) is 8.15. The Kier molecular flexibility index (Phi) is 6.68. The molecule has 32 heavy (non-hydrogen) atoms. The Morgan fingerprint density at radius 1 is 1.12 bits per heavy atom. The molecule has 3 aromatic rings. The number of rotatable bonds is 5. The molecule has 2 heterocycles. The molecule has 5 nitrogen and oxygen atoms in total. The van der Waals surface area contributed by atoms with Crippen molar-refractivity contribution in [3.05, 3.63) is 58.7 Å². The summed E-state index contributed by atoms with van der Waals surface area (Å²) < 4.78 is 70.1. The molecule has 0 aliphatic carbocycles. The van der Waals surface area contributed by atoms with E-state index in [1.54, 1.807) is 32.0 Å². The predicted molar refractivity (Wildman–Crippen MR) is 110 cm³/mol. The lowest BCUT2D eigenvalue weighted by atomic mass is 9.91. The zero-order chi connectivity index (χ0) is 23.8. The zero-order valence-electron chi connectivity index (χ0n) is 17.2. The number of imidazole rings is 1. The molecule has 3 rings (SSSR count). The van der Waals surface area contributed by atoms with Crippen molar-refractivity contribution in [1.29, 1.82) is 0 Å². The molecule has 0 spiro atoms. The van der Waals surface area contributed by atoms with Gasteiger partial charge in [0.05, 0.1) is 22.2 Å². The van der Waals surface area contributed by atoms with Gasteiger partial charge in [0.15, 0.2) is 5.69 Å². The van der Waals surface area contributed by atoms with Crippen LogP contribution in [0.2, 0.25) is 0 Å². The quantitative estimate of drug-likeness (QED) is 0.442. The van der Waals surface area contributed by atoms with Gasteiger partial charge in [0.1, 0.15) is 12.0 Å². The second kappa shape index (κ2) is 8.97. The Morgan fingerprint density at radius 2 is 1.78 bits per heavy atom. The van der Waals surface area contributed by atoms with Crippen LogP contribution in [0.4, 0.5) is 22.0 Å². The summed E-state index contributed by atoms with van der Waals surface area (Å²) in [7, 11) is 0. The number of para-hydroxylation sites is 2. The summed E-state index contributed by atoms with van der Waals surface area (Å²) in [4.78, 5) is 33.1. The van der Waals surface area contributed by atoms with Gasteiger partial charge >= 0.3 is 6.18 Å². The number of aromatic nitrogens is 3. The zero-order valence-corrected chi connectivity index (χ0v) is 18.0. The van der Waals surface area contributed by atoms with Gasteiger partial charge in [0.25, 0.3) is 12.3 Å². The molecule has 0 bridgehead atoms. The Bertz CT molecular complexity index is 1190. The molecule has 0 N–H and O–H groups in total. The molecule has 170 valence electrons. The number of hydrogen-bond acceptors (Lipinski definition) is 5. The lowest BCUT2D eigenvalue weighted by Gasteiger charge is -2.22. The predicted octanol–water partition coefficient (Wildman–Crippen LogP) is 5.78. The SMILES string of the molecule is CSC(=O)c1c(C(F)(F)F)nc(C(F)F)c(C(=O)n2cnc3ccccc32)c1CC(C)C. The summed E-state index contributed by atoms with van der Waals surface area (Å²) >= 11 is 0.487. The van der Waals surface area contributed by atoms with Crippen LogP contribution < -0.4 is 0 Å². The maximum atomic E-state index is 13.9. The van der Waals surface area contributed by atoms with Crippen molar-refractivity contribution in [2.45, 2.75) is 32.9 Å². The van der Waals surface area contributed by atoms with E-state index >= 15 is 0 Å². The Labute approximate surface area is 184 Å². The number of benzene rings is 1. The highest BCUT2D eigenvalue weighted by molar-refractivity contribution is 8.13. The Balaban J connectivity index is 2.44. The number of hydrogen-bond donors (Lipinski definition) is 0. The minimum Gasteiger partial charge on any atom is -0.281 e. The number of thioether (sulfide) groups is 1. The molecule has 0 saturated carbocycles. The van der Waals surface area contributed by atoms with Crippen molar-refractivity contribution >= 4 is 33.8 Å². The fourth-order valence-electron chi connectivity index (χ4n) is 3.43. The molecule has 0 unspecified atom stereocenters. The highest BCUT2D eigenvalue weighted by Crippen LogP contribution is 2.39. The number of nitrogens with zero attached hydrogens (tertiary/aromatic N) is 3. The van der Waals surface area contributed by atoms with E-state index in [0.29, 0.717) is 17.3 Å². The van der Waals surface area contributed by atoms with E-state index in [9.17, 15) is 31.5 Å². The van der Waals surface area contributed by atoms with E-state index in [4.69, 9.17) is 0 Å². The van der Waals surface area contributed by atoms with Crippen LogP contribution >= 0.6 is 11.8 Å². The van der Waals surface area contributed by atoms with Crippen LogP contribution in [0.15, 0.2) is 30.6 Å². The highest BCUT2D eigenvalue weighted by atomic mass is 32.2. The first kappa shape index (κ1) is 23.8.